The molecule has 4 nitrogen and oxygen atoms in total. The third-order valence-corrected chi connectivity index (χ3v) is 6.84. The number of hydrogen-bond donors (Lipinski definition) is 0. The van der Waals surface area contributed by atoms with Crippen molar-refractivity contribution in [2.24, 2.45) is 0 Å². The Hall–Kier alpha value is -2.02. The van der Waals surface area contributed by atoms with Crippen LogP contribution in [0, 0.1) is 13.8 Å². The van der Waals surface area contributed by atoms with Crippen molar-refractivity contribution in [2.75, 3.05) is 31.1 Å². The topological polar surface area (TPSA) is 36.4 Å². The fraction of sp³-hybridized carbons (Fsp3) is 0.364. The second kappa shape index (κ2) is 9.45. The zero-order chi connectivity index (χ0) is 20.1. The first-order chi connectivity index (χ1) is 13.5. The molecule has 1 amide bonds. The summed E-state index contributed by atoms with van der Waals surface area (Å²) in [5.41, 5.74) is 3.38. The van der Waals surface area contributed by atoms with Crippen LogP contribution >= 0.6 is 22.7 Å². The third-order valence-electron chi connectivity index (χ3n) is 4.77. The lowest BCUT2D eigenvalue weighted by atomic mass is 10.1. The van der Waals surface area contributed by atoms with E-state index in [1.54, 1.807) is 28.7 Å². The largest absolute Gasteiger partial charge is 0.302 e. The van der Waals surface area contributed by atoms with Crippen molar-refractivity contribution in [3.63, 3.8) is 0 Å². The predicted octanol–water partition coefficient (Wildman–Crippen LogP) is 5.36. The fourth-order valence-electron chi connectivity index (χ4n) is 3.19. The first-order valence-electron chi connectivity index (χ1n) is 9.65. The van der Waals surface area contributed by atoms with Gasteiger partial charge in [-0.05, 0) is 61.7 Å². The number of aromatic nitrogens is 1. The van der Waals surface area contributed by atoms with Crippen molar-refractivity contribution in [1.29, 1.82) is 0 Å². The number of rotatable bonds is 8. The number of thiazole rings is 1. The number of carbonyl (C=O) groups is 1. The molecular weight excluding hydrogens is 386 g/mol. The SMILES string of the molecule is CCN(CC)CCN(C(=O)C=Cc1cccs1)c1nc2cc(C)cc(C)c2s1. The Balaban J connectivity index is 1.90. The molecule has 0 unspecified atom stereocenters. The van der Waals surface area contributed by atoms with Crippen LogP contribution in [0.25, 0.3) is 16.3 Å². The summed E-state index contributed by atoms with van der Waals surface area (Å²) in [5, 5.41) is 2.79. The number of thiophene rings is 1. The minimum absolute atomic E-state index is 0.0195. The normalized spacial score (nSPS) is 11.8. The first kappa shape index (κ1) is 20.7. The minimum atomic E-state index is -0.0195. The molecule has 0 saturated heterocycles. The fourth-order valence-corrected chi connectivity index (χ4v) is 4.86. The second-order valence-electron chi connectivity index (χ2n) is 6.79. The number of aryl methyl sites for hydroxylation is 2. The standard InChI is InChI=1S/C22H27N3OS2/c1-5-24(6-2)11-12-25(20(26)10-9-18-8-7-13-27-18)22-23-19-15-16(3)14-17(4)21(19)28-22/h7-10,13-15H,5-6,11-12H2,1-4H3. The molecule has 0 aliphatic carbocycles. The molecule has 0 aliphatic rings. The molecule has 0 bridgehead atoms. The van der Waals surface area contributed by atoms with Gasteiger partial charge in [0.05, 0.1) is 10.2 Å². The molecule has 0 N–H and O–H groups in total. The van der Waals surface area contributed by atoms with Crippen molar-refractivity contribution in [2.45, 2.75) is 27.7 Å². The maximum Gasteiger partial charge on any atom is 0.252 e. The number of nitrogens with zero attached hydrogens (tertiary/aromatic N) is 3. The van der Waals surface area contributed by atoms with Gasteiger partial charge in [-0.1, -0.05) is 37.3 Å². The molecule has 0 radical (unpaired) electrons. The van der Waals surface area contributed by atoms with Gasteiger partial charge in [-0.3, -0.25) is 9.69 Å². The molecule has 0 saturated carbocycles. The number of carbonyl (C=O) groups excluding carboxylic acids is 1. The summed E-state index contributed by atoms with van der Waals surface area (Å²) >= 11 is 3.23. The lowest BCUT2D eigenvalue weighted by Gasteiger charge is -2.23. The van der Waals surface area contributed by atoms with E-state index in [9.17, 15) is 4.79 Å². The number of anilines is 1. The molecule has 2 heterocycles. The van der Waals surface area contributed by atoms with E-state index in [1.807, 2.05) is 28.5 Å². The molecule has 0 spiro atoms. The van der Waals surface area contributed by atoms with Gasteiger partial charge >= 0.3 is 0 Å². The van der Waals surface area contributed by atoms with E-state index >= 15 is 0 Å². The van der Waals surface area contributed by atoms with Gasteiger partial charge in [-0.25, -0.2) is 4.98 Å². The number of hydrogen-bond acceptors (Lipinski definition) is 5. The number of amides is 1. The van der Waals surface area contributed by atoms with Crippen molar-refractivity contribution in [1.82, 2.24) is 9.88 Å². The molecule has 28 heavy (non-hydrogen) atoms. The summed E-state index contributed by atoms with van der Waals surface area (Å²) in [6, 6.07) is 8.27. The Bertz CT molecular complexity index is 956. The Labute approximate surface area is 175 Å². The summed E-state index contributed by atoms with van der Waals surface area (Å²) in [6.07, 6.45) is 3.55. The summed E-state index contributed by atoms with van der Waals surface area (Å²) in [6.45, 7) is 11.9. The van der Waals surface area contributed by atoms with Crippen LogP contribution in [0.4, 0.5) is 5.13 Å². The number of benzene rings is 1. The lowest BCUT2D eigenvalue weighted by molar-refractivity contribution is -0.114. The zero-order valence-corrected chi connectivity index (χ0v) is 18.6. The van der Waals surface area contributed by atoms with Crippen LogP contribution < -0.4 is 4.90 Å². The molecule has 3 aromatic rings. The monoisotopic (exact) mass is 413 g/mol. The maximum absolute atomic E-state index is 13.0. The van der Waals surface area contributed by atoms with Crippen molar-refractivity contribution in [3.05, 3.63) is 51.7 Å². The lowest BCUT2D eigenvalue weighted by Crippen LogP contribution is -2.38. The summed E-state index contributed by atoms with van der Waals surface area (Å²) in [5.74, 6) is -0.0195. The van der Waals surface area contributed by atoms with Crippen molar-refractivity contribution >= 4 is 50.0 Å². The van der Waals surface area contributed by atoms with Crippen LogP contribution in [0.1, 0.15) is 29.9 Å². The third kappa shape index (κ3) is 4.87. The van der Waals surface area contributed by atoms with E-state index in [1.165, 1.54) is 11.1 Å². The van der Waals surface area contributed by atoms with Crippen LogP contribution in [0.15, 0.2) is 35.7 Å². The second-order valence-corrected chi connectivity index (χ2v) is 8.75. The van der Waals surface area contributed by atoms with Gasteiger partial charge < -0.3 is 4.90 Å². The van der Waals surface area contributed by atoms with Gasteiger partial charge in [0.15, 0.2) is 5.13 Å². The van der Waals surface area contributed by atoms with E-state index in [4.69, 9.17) is 4.98 Å². The summed E-state index contributed by atoms with van der Waals surface area (Å²) in [7, 11) is 0. The minimum Gasteiger partial charge on any atom is -0.302 e. The van der Waals surface area contributed by atoms with E-state index < -0.39 is 0 Å². The predicted molar refractivity (Wildman–Crippen MR) is 123 cm³/mol. The molecule has 0 fully saturated rings. The quantitative estimate of drug-likeness (QED) is 0.466. The van der Waals surface area contributed by atoms with Crippen molar-refractivity contribution in [3.8, 4) is 0 Å². The highest BCUT2D eigenvalue weighted by Gasteiger charge is 2.19. The smallest absolute Gasteiger partial charge is 0.252 e. The maximum atomic E-state index is 13.0. The van der Waals surface area contributed by atoms with E-state index in [-0.39, 0.29) is 5.91 Å². The van der Waals surface area contributed by atoms with Gasteiger partial charge in [0, 0.05) is 24.0 Å². The Morgan fingerprint density at radius 1 is 1.18 bits per heavy atom. The summed E-state index contributed by atoms with van der Waals surface area (Å²) < 4.78 is 1.16. The first-order valence-corrected chi connectivity index (χ1v) is 11.3. The van der Waals surface area contributed by atoms with Crippen molar-refractivity contribution < 1.29 is 4.79 Å². The van der Waals surface area contributed by atoms with Crippen LogP contribution in [0.2, 0.25) is 0 Å². The zero-order valence-electron chi connectivity index (χ0n) is 16.9. The molecule has 0 aliphatic heterocycles. The average molecular weight is 414 g/mol. The highest BCUT2D eigenvalue weighted by molar-refractivity contribution is 7.22. The summed E-state index contributed by atoms with van der Waals surface area (Å²) in [4.78, 5) is 23.1. The van der Waals surface area contributed by atoms with Gasteiger partial charge in [-0.15, -0.1) is 11.3 Å². The van der Waals surface area contributed by atoms with Gasteiger partial charge in [-0.2, -0.15) is 0 Å². The van der Waals surface area contributed by atoms with Crippen LogP contribution in [-0.4, -0.2) is 42.0 Å². The average Bonchev–Trinajstić information content (AvgIpc) is 3.33. The van der Waals surface area contributed by atoms with Crippen LogP contribution in [0.5, 0.6) is 0 Å². The number of fused-ring (bicyclic) bond motifs is 1. The Kier molecular flexibility index (Phi) is 6.99. The van der Waals surface area contributed by atoms with Gasteiger partial charge in [0.2, 0.25) is 0 Å². The molecule has 2 aromatic heterocycles. The molecule has 0 atom stereocenters. The Morgan fingerprint density at radius 3 is 2.64 bits per heavy atom. The van der Waals surface area contributed by atoms with Gasteiger partial charge in [0.25, 0.3) is 5.91 Å². The highest BCUT2D eigenvalue weighted by atomic mass is 32.1. The molecule has 148 valence electrons. The molecule has 1 aromatic carbocycles. The molecule has 6 heteroatoms. The highest BCUT2D eigenvalue weighted by Crippen LogP contribution is 2.32. The van der Waals surface area contributed by atoms with E-state index in [0.29, 0.717) is 6.54 Å². The van der Waals surface area contributed by atoms with Crippen LogP contribution in [-0.2, 0) is 4.79 Å². The molecule has 3 rings (SSSR count). The van der Waals surface area contributed by atoms with E-state index in [2.05, 4.69) is 44.7 Å². The van der Waals surface area contributed by atoms with E-state index in [0.717, 1.165) is 39.9 Å². The Morgan fingerprint density at radius 2 is 1.96 bits per heavy atom. The van der Waals surface area contributed by atoms with Gasteiger partial charge in [0.1, 0.15) is 0 Å². The van der Waals surface area contributed by atoms with Crippen LogP contribution in [0.3, 0.4) is 0 Å². The number of likely N-dealkylation sites (N-methyl/N-ethyl adjacent to an activating group) is 1. The molecular formula is C22H27N3OS2.